The largest absolute Gasteiger partial charge is 0.394 e. The van der Waals surface area contributed by atoms with Crippen LogP contribution in [0.15, 0.2) is 0 Å². The Morgan fingerprint density at radius 3 is 2.50 bits per heavy atom. The maximum atomic E-state index is 11.9. The van der Waals surface area contributed by atoms with Crippen molar-refractivity contribution in [1.82, 2.24) is 5.32 Å². The Morgan fingerprint density at radius 2 is 2.05 bits per heavy atom. The second-order valence-corrected chi connectivity index (χ2v) is 4.86. The minimum absolute atomic E-state index is 0.628. The average molecular weight is 293 g/mol. The lowest BCUT2D eigenvalue weighted by Crippen LogP contribution is -2.69. The fourth-order valence-corrected chi connectivity index (χ4v) is 1.97. The molecule has 9 heteroatoms. The van der Waals surface area contributed by atoms with Crippen molar-refractivity contribution in [2.24, 2.45) is 0 Å². The van der Waals surface area contributed by atoms with Crippen LogP contribution in [-0.2, 0) is 14.3 Å². The number of Topliss-reactive ketones (excluding diaryl/α,β-unsaturated/α-hetero) is 1. The van der Waals surface area contributed by atoms with E-state index in [2.05, 4.69) is 5.32 Å². The van der Waals surface area contributed by atoms with Crippen molar-refractivity contribution >= 4 is 11.7 Å². The number of aliphatic hydroxyl groups is 5. The van der Waals surface area contributed by atoms with Gasteiger partial charge < -0.3 is 35.6 Å². The Labute approximate surface area is 114 Å². The number of nitrogens with one attached hydrogen (secondary N) is 1. The number of hydrogen-bond donors (Lipinski definition) is 6. The molecule has 0 saturated carbocycles. The highest BCUT2D eigenvalue weighted by atomic mass is 16.7. The molecule has 6 atom stereocenters. The van der Waals surface area contributed by atoms with Crippen LogP contribution in [0, 0.1) is 0 Å². The first-order valence-electron chi connectivity index (χ1n) is 5.98. The van der Waals surface area contributed by atoms with Gasteiger partial charge in [-0.05, 0) is 6.92 Å². The number of rotatable bonds is 4. The van der Waals surface area contributed by atoms with Crippen LogP contribution in [0.1, 0.15) is 13.8 Å². The van der Waals surface area contributed by atoms with Gasteiger partial charge in [0.15, 0.2) is 17.7 Å². The smallest absolute Gasteiger partial charge is 0.217 e. The maximum absolute atomic E-state index is 11.9. The molecule has 1 fully saturated rings. The molecule has 1 saturated heterocycles. The Hall–Kier alpha value is -1.10. The summed E-state index contributed by atoms with van der Waals surface area (Å²) in [5.74, 6) is -3.88. The summed E-state index contributed by atoms with van der Waals surface area (Å²) in [6.07, 6.45) is -6.84. The van der Waals surface area contributed by atoms with E-state index in [-0.39, 0.29) is 0 Å². The fourth-order valence-electron chi connectivity index (χ4n) is 1.97. The first-order valence-corrected chi connectivity index (χ1v) is 5.98. The predicted octanol–water partition coefficient (Wildman–Crippen LogP) is -3.76. The van der Waals surface area contributed by atoms with Gasteiger partial charge in [0.05, 0.1) is 6.61 Å². The van der Waals surface area contributed by atoms with Crippen LogP contribution in [-0.4, -0.2) is 80.1 Å². The van der Waals surface area contributed by atoms with Crippen LogP contribution in [0.5, 0.6) is 0 Å². The van der Waals surface area contributed by atoms with Gasteiger partial charge >= 0.3 is 0 Å². The van der Waals surface area contributed by atoms with Crippen LogP contribution in [0.2, 0.25) is 0 Å². The van der Waals surface area contributed by atoms with Gasteiger partial charge in [-0.2, -0.15) is 0 Å². The molecule has 6 N–H and O–H groups in total. The molecule has 0 spiro atoms. The summed E-state index contributed by atoms with van der Waals surface area (Å²) < 4.78 is 5.00. The lowest BCUT2D eigenvalue weighted by Gasteiger charge is -2.44. The highest BCUT2D eigenvalue weighted by Crippen LogP contribution is 2.27. The van der Waals surface area contributed by atoms with E-state index in [1.807, 2.05) is 0 Å². The highest BCUT2D eigenvalue weighted by Gasteiger charge is 2.53. The maximum Gasteiger partial charge on any atom is 0.217 e. The number of carbonyl (C=O) groups is 2. The molecule has 1 heterocycles. The second kappa shape index (κ2) is 6.12. The van der Waals surface area contributed by atoms with Crippen LogP contribution < -0.4 is 5.32 Å². The van der Waals surface area contributed by atoms with Gasteiger partial charge in [-0.1, -0.05) is 0 Å². The lowest BCUT2D eigenvalue weighted by molar-refractivity contribution is -0.297. The Balaban J connectivity index is 3.07. The molecule has 0 radical (unpaired) electrons. The zero-order valence-corrected chi connectivity index (χ0v) is 11.1. The van der Waals surface area contributed by atoms with Crippen LogP contribution in [0.3, 0.4) is 0 Å². The Morgan fingerprint density at radius 1 is 1.50 bits per heavy atom. The fraction of sp³-hybridized carbons (Fsp3) is 0.818. The quantitative estimate of drug-likeness (QED) is 0.308. The van der Waals surface area contributed by atoms with Crippen molar-refractivity contribution in [2.75, 3.05) is 6.61 Å². The van der Waals surface area contributed by atoms with E-state index in [4.69, 9.17) is 9.84 Å². The number of amides is 1. The lowest BCUT2D eigenvalue weighted by atomic mass is 9.88. The molecular formula is C11H19NO8. The Kier molecular flexibility index (Phi) is 5.19. The van der Waals surface area contributed by atoms with E-state index in [0.29, 0.717) is 0 Å². The normalized spacial score (nSPS) is 37.4. The van der Waals surface area contributed by atoms with Gasteiger partial charge in [0, 0.05) is 6.92 Å². The third-order valence-electron chi connectivity index (χ3n) is 3.06. The zero-order chi connectivity index (χ0) is 15.7. The minimum Gasteiger partial charge on any atom is -0.394 e. The molecule has 0 aromatic rings. The van der Waals surface area contributed by atoms with Crippen LogP contribution >= 0.6 is 0 Å². The van der Waals surface area contributed by atoms with E-state index in [1.54, 1.807) is 0 Å². The van der Waals surface area contributed by atoms with Gasteiger partial charge in [0.25, 0.3) is 0 Å². The van der Waals surface area contributed by atoms with Crippen LogP contribution in [0.4, 0.5) is 0 Å². The summed E-state index contributed by atoms with van der Waals surface area (Å²) in [6.45, 7) is 1.30. The number of ketones is 1. The molecule has 1 unspecified atom stereocenters. The second-order valence-electron chi connectivity index (χ2n) is 4.86. The van der Waals surface area contributed by atoms with Gasteiger partial charge in [0.2, 0.25) is 5.91 Å². The number of hydrogen-bond acceptors (Lipinski definition) is 8. The summed E-state index contributed by atoms with van der Waals surface area (Å²) in [5, 5.41) is 49.6. The number of ether oxygens (including phenoxy) is 1. The predicted molar refractivity (Wildman–Crippen MR) is 63.2 cm³/mol. The standard InChI is InChI=1S/C11H19NO8/c1-4(14)12-6-8(17)10(18)11(2,19)20-9(6)7(16)5(15)3-13/h5-7,9-10,13,15-16,18-19H,3H2,1-2H3,(H,12,14)/t5-,6-,7-,9-,10?,11-/m1/s1. The van der Waals surface area contributed by atoms with Gasteiger partial charge in [0.1, 0.15) is 24.4 Å². The minimum atomic E-state index is -2.28. The summed E-state index contributed by atoms with van der Waals surface area (Å²) >= 11 is 0. The summed E-state index contributed by atoms with van der Waals surface area (Å²) in [6, 6.07) is -1.46. The van der Waals surface area contributed by atoms with E-state index in [1.165, 1.54) is 0 Å². The molecule has 0 aliphatic carbocycles. The molecule has 1 amide bonds. The zero-order valence-electron chi connectivity index (χ0n) is 11.1. The van der Waals surface area contributed by atoms with Crippen molar-refractivity contribution in [1.29, 1.82) is 0 Å². The molecule has 1 aliphatic heterocycles. The van der Waals surface area contributed by atoms with E-state index in [9.17, 15) is 30.0 Å². The molecular weight excluding hydrogens is 274 g/mol. The number of carbonyl (C=O) groups excluding carboxylic acids is 2. The third-order valence-corrected chi connectivity index (χ3v) is 3.06. The highest BCUT2D eigenvalue weighted by molar-refractivity contribution is 5.93. The van der Waals surface area contributed by atoms with Crippen LogP contribution in [0.25, 0.3) is 0 Å². The topological polar surface area (TPSA) is 157 Å². The van der Waals surface area contributed by atoms with Crippen molar-refractivity contribution in [2.45, 2.75) is 50.1 Å². The third kappa shape index (κ3) is 3.32. The first kappa shape index (κ1) is 17.0. The molecule has 116 valence electrons. The molecule has 9 nitrogen and oxygen atoms in total. The van der Waals surface area contributed by atoms with Crippen molar-refractivity contribution < 1.29 is 39.9 Å². The molecule has 0 aromatic carbocycles. The number of aliphatic hydroxyl groups excluding tert-OH is 4. The van der Waals surface area contributed by atoms with Crippen molar-refractivity contribution in [3.8, 4) is 0 Å². The van der Waals surface area contributed by atoms with Crippen molar-refractivity contribution in [3.05, 3.63) is 0 Å². The summed E-state index contributed by atoms with van der Waals surface area (Å²) in [7, 11) is 0. The van der Waals surface area contributed by atoms with Gasteiger partial charge in [-0.3, -0.25) is 9.59 Å². The van der Waals surface area contributed by atoms with Crippen molar-refractivity contribution in [3.63, 3.8) is 0 Å². The summed E-state index contributed by atoms with van der Waals surface area (Å²) in [5.41, 5.74) is 0. The molecule has 1 rings (SSSR count). The average Bonchev–Trinajstić information content (AvgIpc) is 2.37. The SMILES string of the molecule is CC(=O)N[C@@H]1C(=O)C(O)[C@](C)(O)O[C@H]1[C@H](O)[C@H](O)CO. The van der Waals surface area contributed by atoms with Gasteiger partial charge in [-0.15, -0.1) is 0 Å². The molecule has 0 aromatic heterocycles. The molecule has 1 aliphatic rings. The van der Waals surface area contributed by atoms with E-state index < -0.39 is 54.5 Å². The summed E-state index contributed by atoms with van der Waals surface area (Å²) in [4.78, 5) is 23.0. The molecule has 0 bridgehead atoms. The first-order chi connectivity index (χ1) is 9.11. The van der Waals surface area contributed by atoms with E-state index in [0.717, 1.165) is 13.8 Å². The molecule has 20 heavy (non-hydrogen) atoms. The Bertz CT molecular complexity index is 385. The van der Waals surface area contributed by atoms with Gasteiger partial charge in [-0.25, -0.2) is 0 Å². The van der Waals surface area contributed by atoms with E-state index >= 15 is 0 Å². The monoisotopic (exact) mass is 293 g/mol.